The van der Waals surface area contributed by atoms with Gasteiger partial charge in [-0.3, -0.25) is 8.71 Å². The quantitative estimate of drug-likeness (QED) is 0.462. The zero-order chi connectivity index (χ0) is 22.3. The van der Waals surface area contributed by atoms with E-state index in [1.165, 1.54) is 6.07 Å². The molecule has 0 aliphatic carbocycles. The number of aryl methyl sites for hydroxylation is 3. The Bertz CT molecular complexity index is 1380. The maximum Gasteiger partial charge on any atom is 0.268 e. The Labute approximate surface area is 178 Å². The molecule has 31 heavy (non-hydrogen) atoms. The predicted octanol–water partition coefficient (Wildman–Crippen LogP) is 4.33. The lowest BCUT2D eigenvalue weighted by molar-refractivity contribution is 0.580. The molecule has 9 heteroatoms. The first kappa shape index (κ1) is 20.9. The summed E-state index contributed by atoms with van der Waals surface area (Å²) in [5, 5.41) is 7.94. The van der Waals surface area contributed by atoms with Gasteiger partial charge in [0, 0.05) is 12.3 Å². The van der Waals surface area contributed by atoms with Crippen molar-refractivity contribution in [3.63, 3.8) is 0 Å². The Morgan fingerprint density at radius 3 is 2.39 bits per heavy atom. The Morgan fingerprint density at radius 1 is 0.968 bits per heavy atom. The zero-order valence-electron chi connectivity index (χ0n) is 17.2. The van der Waals surface area contributed by atoms with E-state index < -0.39 is 21.7 Å². The average molecular weight is 442 g/mol. The number of halogens is 2. The second-order valence-corrected chi connectivity index (χ2v) is 9.21. The summed E-state index contributed by atoms with van der Waals surface area (Å²) in [6, 6.07) is 11.3. The molecule has 2 aromatic heterocycles. The normalized spacial score (nSPS) is 11.8. The van der Waals surface area contributed by atoms with Crippen LogP contribution in [0.4, 0.5) is 14.5 Å². The van der Waals surface area contributed by atoms with Crippen LogP contribution in [-0.2, 0) is 16.6 Å². The number of aromatic nitrogens is 3. The molecule has 4 rings (SSSR count). The lowest BCUT2D eigenvalue weighted by atomic mass is 10.1. The molecule has 2 heterocycles. The molecule has 0 saturated carbocycles. The van der Waals surface area contributed by atoms with Gasteiger partial charge in [0.2, 0.25) is 0 Å². The molecular weight excluding hydrogens is 422 g/mol. The van der Waals surface area contributed by atoms with Crippen molar-refractivity contribution < 1.29 is 17.2 Å². The lowest BCUT2D eigenvalue weighted by Crippen LogP contribution is -2.31. The molecule has 0 aliphatic heterocycles. The summed E-state index contributed by atoms with van der Waals surface area (Å²) >= 11 is 0. The van der Waals surface area contributed by atoms with E-state index in [0.29, 0.717) is 11.9 Å². The van der Waals surface area contributed by atoms with Crippen LogP contribution in [0.5, 0.6) is 0 Å². The molecule has 0 radical (unpaired) electrons. The fraction of sp³-hybridized carbons (Fsp3) is 0.182. The van der Waals surface area contributed by atoms with Crippen LogP contribution in [0.3, 0.4) is 0 Å². The highest BCUT2D eigenvalue weighted by Crippen LogP contribution is 2.30. The number of anilines is 1. The molecule has 0 aliphatic rings. The molecule has 0 amide bonds. The van der Waals surface area contributed by atoms with Crippen molar-refractivity contribution in [2.75, 3.05) is 4.31 Å². The van der Waals surface area contributed by atoms with Crippen LogP contribution in [0.25, 0.3) is 5.65 Å². The van der Waals surface area contributed by atoms with Crippen molar-refractivity contribution in [1.82, 2.24) is 14.6 Å². The standard InChI is InChI=1S/C22H20F2N4O2S/c1-14-6-7-15(2)17(9-14)13-28(20-11-18(23)10-19(24)12-20)31(29,30)21-5-4-8-27-16(3)25-26-22(21)27/h4-12H,13H2,1-3H3. The van der Waals surface area contributed by atoms with Crippen molar-refractivity contribution in [2.24, 2.45) is 0 Å². The van der Waals surface area contributed by atoms with Crippen LogP contribution in [0, 0.1) is 32.4 Å². The third kappa shape index (κ3) is 3.88. The highest BCUT2D eigenvalue weighted by molar-refractivity contribution is 7.93. The van der Waals surface area contributed by atoms with E-state index in [-0.39, 0.29) is 22.8 Å². The molecule has 0 N–H and O–H groups in total. The average Bonchev–Trinajstić information content (AvgIpc) is 3.08. The van der Waals surface area contributed by atoms with Gasteiger partial charge in [-0.25, -0.2) is 17.2 Å². The number of pyridine rings is 1. The first-order chi connectivity index (χ1) is 14.7. The molecule has 0 saturated heterocycles. The van der Waals surface area contributed by atoms with Gasteiger partial charge in [-0.05, 0) is 56.2 Å². The van der Waals surface area contributed by atoms with Gasteiger partial charge < -0.3 is 0 Å². The van der Waals surface area contributed by atoms with Crippen molar-refractivity contribution in [3.8, 4) is 0 Å². The van der Waals surface area contributed by atoms with E-state index in [4.69, 9.17) is 0 Å². The van der Waals surface area contributed by atoms with Crippen molar-refractivity contribution in [3.05, 3.63) is 88.9 Å². The fourth-order valence-electron chi connectivity index (χ4n) is 3.45. The predicted molar refractivity (Wildman–Crippen MR) is 113 cm³/mol. The van der Waals surface area contributed by atoms with Crippen LogP contribution in [0.1, 0.15) is 22.5 Å². The van der Waals surface area contributed by atoms with Crippen molar-refractivity contribution in [2.45, 2.75) is 32.2 Å². The Kier molecular flexibility index (Phi) is 5.22. The highest BCUT2D eigenvalue weighted by Gasteiger charge is 2.30. The maximum absolute atomic E-state index is 14.0. The molecule has 160 valence electrons. The van der Waals surface area contributed by atoms with Crippen LogP contribution < -0.4 is 4.31 Å². The Balaban J connectivity index is 1.93. The summed E-state index contributed by atoms with van der Waals surface area (Å²) in [5.41, 5.74) is 2.55. The van der Waals surface area contributed by atoms with E-state index in [1.54, 1.807) is 23.6 Å². The van der Waals surface area contributed by atoms with Crippen LogP contribution in [0.15, 0.2) is 59.6 Å². The third-order valence-electron chi connectivity index (χ3n) is 5.09. The van der Waals surface area contributed by atoms with E-state index in [9.17, 15) is 17.2 Å². The third-order valence-corrected chi connectivity index (χ3v) is 6.89. The topological polar surface area (TPSA) is 67.6 Å². The van der Waals surface area contributed by atoms with Gasteiger partial charge in [-0.15, -0.1) is 10.2 Å². The van der Waals surface area contributed by atoms with Gasteiger partial charge in [-0.1, -0.05) is 23.8 Å². The van der Waals surface area contributed by atoms with Gasteiger partial charge in [0.05, 0.1) is 12.2 Å². The number of rotatable bonds is 5. The second-order valence-electron chi connectivity index (χ2n) is 7.38. The largest absolute Gasteiger partial charge is 0.286 e. The van der Waals surface area contributed by atoms with E-state index >= 15 is 0 Å². The fourth-order valence-corrected chi connectivity index (χ4v) is 5.00. The summed E-state index contributed by atoms with van der Waals surface area (Å²) < 4.78 is 58.2. The molecule has 4 aromatic rings. The summed E-state index contributed by atoms with van der Waals surface area (Å²) in [4.78, 5) is -0.106. The smallest absolute Gasteiger partial charge is 0.268 e. The van der Waals surface area contributed by atoms with Gasteiger partial charge in [-0.2, -0.15) is 0 Å². The molecular formula is C22H20F2N4O2S. The van der Waals surface area contributed by atoms with Crippen LogP contribution >= 0.6 is 0 Å². The minimum atomic E-state index is -4.25. The number of fused-ring (bicyclic) bond motifs is 1. The number of nitrogens with zero attached hydrogens (tertiary/aromatic N) is 4. The van der Waals surface area contributed by atoms with Crippen molar-refractivity contribution in [1.29, 1.82) is 0 Å². The van der Waals surface area contributed by atoms with Gasteiger partial charge in [0.1, 0.15) is 22.4 Å². The number of hydrogen-bond donors (Lipinski definition) is 0. The van der Waals surface area contributed by atoms with Crippen LogP contribution in [-0.4, -0.2) is 23.0 Å². The van der Waals surface area contributed by atoms with Gasteiger partial charge in [0.25, 0.3) is 10.0 Å². The molecule has 0 spiro atoms. The summed E-state index contributed by atoms with van der Waals surface area (Å²) in [5.74, 6) is -1.22. The van der Waals surface area contributed by atoms with Crippen LogP contribution in [0.2, 0.25) is 0 Å². The highest BCUT2D eigenvalue weighted by atomic mass is 32.2. The van der Waals surface area contributed by atoms with Gasteiger partial charge in [0.15, 0.2) is 5.65 Å². The molecule has 0 unspecified atom stereocenters. The number of benzene rings is 2. The first-order valence-corrected chi connectivity index (χ1v) is 11.0. The number of hydrogen-bond acceptors (Lipinski definition) is 4. The van der Waals surface area contributed by atoms with E-state index in [0.717, 1.165) is 33.1 Å². The summed E-state index contributed by atoms with van der Waals surface area (Å²) in [6.07, 6.45) is 1.65. The Hall–Kier alpha value is -3.33. The molecule has 0 atom stereocenters. The number of sulfonamides is 1. The maximum atomic E-state index is 14.0. The molecule has 0 fully saturated rings. The van der Waals surface area contributed by atoms with E-state index in [2.05, 4.69) is 10.2 Å². The lowest BCUT2D eigenvalue weighted by Gasteiger charge is -2.26. The summed E-state index contributed by atoms with van der Waals surface area (Å²) in [6.45, 7) is 5.34. The van der Waals surface area contributed by atoms with Gasteiger partial charge >= 0.3 is 0 Å². The Morgan fingerprint density at radius 2 is 1.68 bits per heavy atom. The van der Waals surface area contributed by atoms with Crippen molar-refractivity contribution >= 4 is 21.4 Å². The minimum Gasteiger partial charge on any atom is -0.286 e. The van der Waals surface area contributed by atoms with E-state index in [1.807, 2.05) is 32.0 Å². The SMILES string of the molecule is Cc1ccc(C)c(CN(c2cc(F)cc(F)c2)S(=O)(=O)c2cccn3c(C)nnc23)c1. The monoisotopic (exact) mass is 442 g/mol. The summed E-state index contributed by atoms with van der Waals surface area (Å²) in [7, 11) is -4.25. The second kappa shape index (κ2) is 7.73. The molecule has 2 aromatic carbocycles. The molecule has 6 nitrogen and oxygen atoms in total. The first-order valence-electron chi connectivity index (χ1n) is 9.52. The zero-order valence-corrected chi connectivity index (χ0v) is 18.0. The minimum absolute atomic E-state index is 0.104. The molecule has 0 bridgehead atoms.